The van der Waals surface area contributed by atoms with E-state index in [0.29, 0.717) is 11.9 Å². The van der Waals surface area contributed by atoms with E-state index >= 15 is 0 Å². The zero-order valence-electron chi connectivity index (χ0n) is 10.6. The fourth-order valence-electron chi connectivity index (χ4n) is 1.85. The second-order valence-corrected chi connectivity index (χ2v) is 4.19. The summed E-state index contributed by atoms with van der Waals surface area (Å²) in [6, 6.07) is 9.68. The molecule has 0 N–H and O–H groups in total. The third-order valence-electron chi connectivity index (χ3n) is 2.98. The molecule has 0 saturated carbocycles. The monoisotopic (exact) mass is 254 g/mol. The maximum Gasteiger partial charge on any atom is 0.338 e. The number of hydrogen-bond donors (Lipinski definition) is 0. The highest BCUT2D eigenvalue weighted by molar-refractivity contribution is 5.96. The molecular weight excluding hydrogens is 240 g/mol. The van der Waals surface area contributed by atoms with Gasteiger partial charge in [-0.2, -0.15) is 0 Å². The van der Waals surface area contributed by atoms with E-state index in [1.54, 1.807) is 6.08 Å². The number of carbonyl (C=O) groups excluding carboxylic acids is 2. The molecule has 2 rings (SSSR count). The summed E-state index contributed by atoms with van der Waals surface area (Å²) in [5.41, 5.74) is 3.02. The highest BCUT2D eigenvalue weighted by Gasteiger charge is 2.20. The van der Waals surface area contributed by atoms with Crippen LogP contribution in [0.5, 0.6) is 0 Å². The Labute approximate surface area is 111 Å². The maximum atomic E-state index is 11.7. The van der Waals surface area contributed by atoms with E-state index in [4.69, 9.17) is 4.74 Å². The zero-order chi connectivity index (χ0) is 13.7. The van der Waals surface area contributed by atoms with Gasteiger partial charge in [0.2, 0.25) is 0 Å². The van der Waals surface area contributed by atoms with Crippen LogP contribution in [-0.4, -0.2) is 18.9 Å². The number of esters is 1. The first-order valence-electron chi connectivity index (χ1n) is 5.98. The van der Waals surface area contributed by atoms with Crippen molar-refractivity contribution in [2.24, 2.45) is 0 Å². The second-order valence-electron chi connectivity index (χ2n) is 4.19. The Morgan fingerprint density at radius 1 is 1.16 bits per heavy atom. The molecule has 0 radical (unpaired) electrons. The largest absolute Gasteiger partial charge is 0.457 e. The molecule has 0 saturated heterocycles. The van der Waals surface area contributed by atoms with Crippen LogP contribution in [0, 0.1) is 0 Å². The fraction of sp³-hybridized carbons (Fsp3) is 0.125. The van der Waals surface area contributed by atoms with Gasteiger partial charge in [0.25, 0.3) is 0 Å². The summed E-state index contributed by atoms with van der Waals surface area (Å²) in [6.45, 7) is 1.98. The summed E-state index contributed by atoms with van der Waals surface area (Å²) in [5, 5.41) is 0. The Bertz CT molecular complexity index is 577. The lowest BCUT2D eigenvalue weighted by Crippen LogP contribution is -2.18. The smallest absolute Gasteiger partial charge is 0.338 e. The van der Waals surface area contributed by atoms with Gasteiger partial charge in [-0.1, -0.05) is 36.4 Å². The van der Waals surface area contributed by atoms with E-state index in [-0.39, 0.29) is 12.6 Å². The van der Waals surface area contributed by atoms with Crippen molar-refractivity contribution in [1.82, 2.24) is 0 Å². The van der Waals surface area contributed by atoms with Gasteiger partial charge in [0.05, 0.1) is 5.57 Å². The van der Waals surface area contributed by atoms with Crippen LogP contribution in [0.15, 0.2) is 59.2 Å². The average Bonchev–Trinajstić information content (AvgIpc) is 2.43. The molecule has 1 heterocycles. The number of aldehydes is 1. The molecule has 1 aromatic rings. The molecule has 1 aromatic carbocycles. The number of hydrogen-bond acceptors (Lipinski definition) is 3. The van der Waals surface area contributed by atoms with Crippen molar-refractivity contribution in [3.05, 3.63) is 64.8 Å². The first kappa shape index (κ1) is 13.0. The zero-order valence-corrected chi connectivity index (χ0v) is 10.6. The standard InChI is InChI=1S/C16H14O3/c1-12-14(9-10-17)11-19-16(18)15(12)8-7-13-5-3-2-4-6-13/h2-10H,11H2,1H3/b8-7+,14-9-. The first-order chi connectivity index (χ1) is 9.22. The molecule has 0 unspecified atom stereocenters. The topological polar surface area (TPSA) is 43.4 Å². The van der Waals surface area contributed by atoms with E-state index in [1.807, 2.05) is 43.3 Å². The van der Waals surface area contributed by atoms with Crippen molar-refractivity contribution in [2.45, 2.75) is 6.92 Å². The number of carbonyl (C=O) groups is 2. The predicted molar refractivity (Wildman–Crippen MR) is 73.3 cm³/mol. The number of rotatable bonds is 3. The van der Waals surface area contributed by atoms with Crippen molar-refractivity contribution in [1.29, 1.82) is 0 Å². The Morgan fingerprint density at radius 2 is 1.89 bits per heavy atom. The molecule has 0 aromatic heterocycles. The molecule has 0 bridgehead atoms. The third-order valence-corrected chi connectivity index (χ3v) is 2.98. The molecule has 1 aliphatic rings. The minimum absolute atomic E-state index is 0.159. The molecule has 0 atom stereocenters. The van der Waals surface area contributed by atoms with Crippen molar-refractivity contribution >= 4 is 18.3 Å². The van der Waals surface area contributed by atoms with Crippen molar-refractivity contribution < 1.29 is 14.3 Å². The van der Waals surface area contributed by atoms with E-state index in [0.717, 1.165) is 16.7 Å². The van der Waals surface area contributed by atoms with Crippen LogP contribution in [0.3, 0.4) is 0 Å². The molecule has 96 valence electrons. The predicted octanol–water partition coefficient (Wildman–Crippen LogP) is 2.70. The molecule has 0 amide bonds. The Morgan fingerprint density at radius 3 is 2.58 bits per heavy atom. The number of ether oxygens (including phenoxy) is 1. The molecule has 0 spiro atoms. The van der Waals surface area contributed by atoms with Gasteiger partial charge in [0, 0.05) is 0 Å². The summed E-state index contributed by atoms with van der Waals surface area (Å²) < 4.78 is 5.04. The van der Waals surface area contributed by atoms with Gasteiger partial charge in [-0.05, 0) is 35.8 Å². The number of allylic oxidation sites excluding steroid dienone is 1. The van der Waals surface area contributed by atoms with Crippen LogP contribution in [0.2, 0.25) is 0 Å². The molecule has 0 fully saturated rings. The number of cyclic esters (lactones) is 1. The lowest BCUT2D eigenvalue weighted by Gasteiger charge is -2.17. The lowest BCUT2D eigenvalue weighted by molar-refractivity contribution is -0.138. The van der Waals surface area contributed by atoms with E-state index in [2.05, 4.69) is 0 Å². The molecule has 19 heavy (non-hydrogen) atoms. The molecule has 3 nitrogen and oxygen atoms in total. The summed E-state index contributed by atoms with van der Waals surface area (Å²) >= 11 is 0. The van der Waals surface area contributed by atoms with E-state index in [9.17, 15) is 9.59 Å². The molecule has 3 heteroatoms. The summed E-state index contributed by atoms with van der Waals surface area (Å²) in [7, 11) is 0. The summed E-state index contributed by atoms with van der Waals surface area (Å²) in [5.74, 6) is -0.354. The quantitative estimate of drug-likeness (QED) is 0.473. The van der Waals surface area contributed by atoms with Crippen molar-refractivity contribution in [2.75, 3.05) is 6.61 Å². The van der Waals surface area contributed by atoms with E-state index in [1.165, 1.54) is 6.08 Å². The Balaban J connectivity index is 2.33. The van der Waals surface area contributed by atoms with Gasteiger partial charge < -0.3 is 4.74 Å². The van der Waals surface area contributed by atoms with Crippen molar-refractivity contribution in [3.63, 3.8) is 0 Å². The fourth-order valence-corrected chi connectivity index (χ4v) is 1.85. The number of benzene rings is 1. The second kappa shape index (κ2) is 5.96. The normalized spacial score (nSPS) is 17.9. The minimum atomic E-state index is -0.354. The first-order valence-corrected chi connectivity index (χ1v) is 5.98. The van der Waals surface area contributed by atoms with Crippen LogP contribution in [0.25, 0.3) is 6.08 Å². The van der Waals surface area contributed by atoms with Crippen LogP contribution in [0.4, 0.5) is 0 Å². The highest BCUT2D eigenvalue weighted by Crippen LogP contribution is 2.23. The average molecular weight is 254 g/mol. The van der Waals surface area contributed by atoms with Gasteiger partial charge in [-0.3, -0.25) is 4.79 Å². The minimum Gasteiger partial charge on any atom is -0.457 e. The highest BCUT2D eigenvalue weighted by atomic mass is 16.5. The molecule has 0 aliphatic carbocycles. The third kappa shape index (κ3) is 3.07. The summed E-state index contributed by atoms with van der Waals surface area (Å²) in [6.07, 6.45) is 5.71. The SMILES string of the molecule is CC1=C(/C=C/c2ccccc2)C(=O)OC/C1=C/C=O. The molecular formula is C16H14O3. The lowest BCUT2D eigenvalue weighted by atomic mass is 9.98. The van der Waals surface area contributed by atoms with Gasteiger partial charge in [0.15, 0.2) is 0 Å². The van der Waals surface area contributed by atoms with Gasteiger partial charge in [-0.25, -0.2) is 4.79 Å². The van der Waals surface area contributed by atoms with Gasteiger partial charge >= 0.3 is 5.97 Å². The van der Waals surface area contributed by atoms with Crippen LogP contribution in [-0.2, 0) is 14.3 Å². The van der Waals surface area contributed by atoms with E-state index < -0.39 is 0 Å². The maximum absolute atomic E-state index is 11.7. The summed E-state index contributed by atoms with van der Waals surface area (Å²) in [4.78, 5) is 22.3. The van der Waals surface area contributed by atoms with Crippen LogP contribution < -0.4 is 0 Å². The van der Waals surface area contributed by atoms with Gasteiger partial charge in [0.1, 0.15) is 12.9 Å². The van der Waals surface area contributed by atoms with Crippen molar-refractivity contribution in [3.8, 4) is 0 Å². The Hall–Kier alpha value is -2.42. The van der Waals surface area contributed by atoms with Gasteiger partial charge in [-0.15, -0.1) is 0 Å². The van der Waals surface area contributed by atoms with Crippen LogP contribution in [0.1, 0.15) is 12.5 Å². The molecule has 1 aliphatic heterocycles. The Kier molecular flexibility index (Phi) is 4.08. The van der Waals surface area contributed by atoms with Crippen LogP contribution >= 0.6 is 0 Å².